The summed E-state index contributed by atoms with van der Waals surface area (Å²) in [4.78, 5) is 13.8. The molecule has 0 fully saturated rings. The molecule has 26 heavy (non-hydrogen) atoms. The first-order chi connectivity index (χ1) is 12.5. The molecule has 4 nitrogen and oxygen atoms in total. The topological polar surface area (TPSA) is 41.6 Å². The lowest BCUT2D eigenvalue weighted by molar-refractivity contribution is 0.0818. The van der Waals surface area contributed by atoms with Crippen LogP contribution in [0.1, 0.15) is 23.6 Å². The maximum absolute atomic E-state index is 12.2. The number of carbonyl (C=O) groups excluding carboxylic acids is 1. The van der Waals surface area contributed by atoms with Gasteiger partial charge in [0, 0.05) is 20.1 Å². The number of halogens is 2. The molecule has 0 aromatic heterocycles. The summed E-state index contributed by atoms with van der Waals surface area (Å²) >= 11 is 0. The van der Waals surface area contributed by atoms with Crippen LogP contribution in [0.4, 0.5) is 13.6 Å². The molecule has 2 rings (SSSR count). The summed E-state index contributed by atoms with van der Waals surface area (Å²) in [5, 5.41) is 2.82. The van der Waals surface area contributed by atoms with E-state index < -0.39 is 13.0 Å². The van der Waals surface area contributed by atoms with Crippen molar-refractivity contribution in [2.45, 2.75) is 32.9 Å². The Hall–Kier alpha value is -2.63. The summed E-state index contributed by atoms with van der Waals surface area (Å²) in [5.74, 6) is 0.362. The van der Waals surface area contributed by atoms with Crippen LogP contribution in [0.3, 0.4) is 0 Å². The highest BCUT2D eigenvalue weighted by Gasteiger charge is 2.09. The van der Waals surface area contributed by atoms with Gasteiger partial charge >= 0.3 is 6.03 Å². The molecule has 0 aliphatic carbocycles. The van der Waals surface area contributed by atoms with Gasteiger partial charge in [-0.15, -0.1) is 0 Å². The number of aryl methyl sites for hydroxylation is 1. The first-order valence-electron chi connectivity index (χ1n) is 8.54. The molecule has 6 heteroatoms. The minimum absolute atomic E-state index is 0.205. The number of urea groups is 1. The van der Waals surface area contributed by atoms with E-state index in [1.807, 2.05) is 12.1 Å². The zero-order valence-electron chi connectivity index (χ0n) is 15.0. The average Bonchev–Trinajstić information content (AvgIpc) is 2.65. The van der Waals surface area contributed by atoms with Crippen molar-refractivity contribution in [2.24, 2.45) is 0 Å². The van der Waals surface area contributed by atoms with Gasteiger partial charge in [0.25, 0.3) is 6.43 Å². The number of amides is 2. The molecule has 0 aliphatic rings. The van der Waals surface area contributed by atoms with Gasteiger partial charge in [-0.2, -0.15) is 0 Å². The predicted molar refractivity (Wildman–Crippen MR) is 97.5 cm³/mol. The minimum atomic E-state index is -2.52. The number of rotatable bonds is 8. The van der Waals surface area contributed by atoms with Crippen LogP contribution < -0.4 is 10.1 Å². The molecule has 0 aliphatic heterocycles. The normalized spacial score (nSPS) is 10.7. The van der Waals surface area contributed by atoms with E-state index in [-0.39, 0.29) is 6.03 Å². The van der Waals surface area contributed by atoms with Crippen molar-refractivity contribution in [3.05, 3.63) is 65.2 Å². The number of carbonyl (C=O) groups is 1. The van der Waals surface area contributed by atoms with Gasteiger partial charge in [-0.1, -0.05) is 43.3 Å². The Morgan fingerprint density at radius 2 is 1.81 bits per heavy atom. The molecule has 0 unspecified atom stereocenters. The van der Waals surface area contributed by atoms with Crippen LogP contribution in [0.2, 0.25) is 0 Å². The fourth-order valence-electron chi connectivity index (χ4n) is 2.44. The third-order valence-electron chi connectivity index (χ3n) is 3.92. The van der Waals surface area contributed by atoms with Gasteiger partial charge in [-0.25, -0.2) is 13.6 Å². The molecule has 2 aromatic rings. The van der Waals surface area contributed by atoms with E-state index in [9.17, 15) is 13.6 Å². The standard InChI is InChI=1S/C20H24F2N2O2/c1-3-15-7-9-16(10-8-15)13-24(2)20(25)23-12-17-5-4-6-18(11-17)26-14-19(21)22/h4-11,19H,3,12-14H2,1-2H3,(H,23,25). The highest BCUT2D eigenvalue weighted by molar-refractivity contribution is 5.73. The van der Waals surface area contributed by atoms with Gasteiger partial charge in [0.15, 0.2) is 0 Å². The molecule has 2 amide bonds. The van der Waals surface area contributed by atoms with Crippen LogP contribution in [0.25, 0.3) is 0 Å². The Morgan fingerprint density at radius 3 is 2.46 bits per heavy atom. The second-order valence-corrected chi connectivity index (χ2v) is 6.03. The number of nitrogens with zero attached hydrogens (tertiary/aromatic N) is 1. The fraction of sp³-hybridized carbons (Fsp3) is 0.350. The highest BCUT2D eigenvalue weighted by atomic mass is 19.3. The Kier molecular flexibility index (Phi) is 7.38. The molecule has 0 radical (unpaired) electrons. The second-order valence-electron chi connectivity index (χ2n) is 6.03. The van der Waals surface area contributed by atoms with Gasteiger partial charge in [-0.3, -0.25) is 0 Å². The van der Waals surface area contributed by atoms with E-state index in [4.69, 9.17) is 4.74 Å². The first-order valence-corrected chi connectivity index (χ1v) is 8.54. The summed E-state index contributed by atoms with van der Waals surface area (Å²) < 4.78 is 29.4. The predicted octanol–water partition coefficient (Wildman–Crippen LogP) is 4.23. The number of nitrogens with one attached hydrogen (secondary N) is 1. The SMILES string of the molecule is CCc1ccc(CN(C)C(=O)NCc2cccc(OCC(F)F)c2)cc1. The largest absolute Gasteiger partial charge is 0.488 e. The number of hydrogen-bond acceptors (Lipinski definition) is 2. The third kappa shape index (κ3) is 6.35. The average molecular weight is 362 g/mol. The summed E-state index contributed by atoms with van der Waals surface area (Å²) in [5.41, 5.74) is 3.10. The molecule has 0 saturated carbocycles. The molecule has 140 valence electrons. The maximum atomic E-state index is 12.2. The zero-order chi connectivity index (χ0) is 18.9. The van der Waals surface area contributed by atoms with Crippen LogP contribution in [-0.4, -0.2) is 31.0 Å². The Balaban J connectivity index is 1.84. The monoisotopic (exact) mass is 362 g/mol. The summed E-state index contributed by atoms with van der Waals surface area (Å²) in [6.07, 6.45) is -1.53. The van der Waals surface area contributed by atoms with Crippen LogP contribution >= 0.6 is 0 Å². The van der Waals surface area contributed by atoms with Gasteiger partial charge < -0.3 is 15.0 Å². The van der Waals surface area contributed by atoms with E-state index in [0.717, 1.165) is 17.5 Å². The highest BCUT2D eigenvalue weighted by Crippen LogP contribution is 2.14. The van der Waals surface area contributed by atoms with Crippen molar-refractivity contribution in [3.63, 3.8) is 0 Å². The summed E-state index contributed by atoms with van der Waals surface area (Å²) in [6, 6.07) is 14.7. The Morgan fingerprint density at radius 1 is 1.12 bits per heavy atom. The maximum Gasteiger partial charge on any atom is 0.317 e. The van der Waals surface area contributed by atoms with Gasteiger partial charge in [0.05, 0.1) is 0 Å². The lowest BCUT2D eigenvalue weighted by Gasteiger charge is -2.18. The van der Waals surface area contributed by atoms with Crippen molar-refractivity contribution in [1.29, 1.82) is 0 Å². The van der Waals surface area contributed by atoms with Gasteiger partial charge in [0.1, 0.15) is 12.4 Å². The van der Waals surface area contributed by atoms with E-state index in [1.165, 1.54) is 5.56 Å². The molecule has 2 aromatic carbocycles. The molecule has 0 heterocycles. The molecular formula is C20H24F2N2O2. The fourth-order valence-corrected chi connectivity index (χ4v) is 2.44. The Labute approximate surface area is 152 Å². The second kappa shape index (κ2) is 9.75. The lowest BCUT2D eigenvalue weighted by atomic mass is 10.1. The van der Waals surface area contributed by atoms with Gasteiger partial charge in [0.2, 0.25) is 0 Å². The summed E-state index contributed by atoms with van der Waals surface area (Å²) in [6.45, 7) is 2.26. The number of ether oxygens (including phenoxy) is 1. The molecular weight excluding hydrogens is 338 g/mol. The van der Waals surface area contributed by atoms with Crippen LogP contribution in [0, 0.1) is 0 Å². The van der Waals surface area contributed by atoms with Crippen molar-refractivity contribution in [3.8, 4) is 5.75 Å². The summed E-state index contributed by atoms with van der Waals surface area (Å²) in [7, 11) is 1.73. The van der Waals surface area contributed by atoms with E-state index in [1.54, 1.807) is 36.2 Å². The Bertz CT molecular complexity index is 705. The smallest absolute Gasteiger partial charge is 0.317 e. The molecule has 0 atom stereocenters. The van der Waals surface area contributed by atoms with E-state index in [2.05, 4.69) is 24.4 Å². The van der Waals surface area contributed by atoms with Crippen LogP contribution in [-0.2, 0) is 19.5 Å². The van der Waals surface area contributed by atoms with Crippen molar-refractivity contribution < 1.29 is 18.3 Å². The molecule has 0 saturated heterocycles. The van der Waals surface area contributed by atoms with E-state index >= 15 is 0 Å². The minimum Gasteiger partial charge on any atom is -0.488 e. The number of benzene rings is 2. The molecule has 1 N–H and O–H groups in total. The van der Waals surface area contributed by atoms with Crippen molar-refractivity contribution in [1.82, 2.24) is 10.2 Å². The van der Waals surface area contributed by atoms with Gasteiger partial charge in [-0.05, 0) is 35.2 Å². The van der Waals surface area contributed by atoms with E-state index in [0.29, 0.717) is 18.8 Å². The van der Waals surface area contributed by atoms with Crippen molar-refractivity contribution >= 4 is 6.03 Å². The lowest BCUT2D eigenvalue weighted by Crippen LogP contribution is -2.36. The zero-order valence-corrected chi connectivity index (χ0v) is 15.0. The number of alkyl halides is 2. The molecule has 0 bridgehead atoms. The molecule has 0 spiro atoms. The third-order valence-corrected chi connectivity index (χ3v) is 3.92. The van der Waals surface area contributed by atoms with Crippen LogP contribution in [0.15, 0.2) is 48.5 Å². The quantitative estimate of drug-likeness (QED) is 0.763. The number of hydrogen-bond donors (Lipinski definition) is 1. The van der Waals surface area contributed by atoms with Crippen LogP contribution in [0.5, 0.6) is 5.75 Å². The first kappa shape index (κ1) is 19.7. The van der Waals surface area contributed by atoms with Crippen molar-refractivity contribution in [2.75, 3.05) is 13.7 Å².